The van der Waals surface area contributed by atoms with Crippen LogP contribution in [0.15, 0.2) is 42.5 Å². The molecule has 1 aromatic heterocycles. The van der Waals surface area contributed by atoms with Gasteiger partial charge in [-0.3, -0.25) is 10.2 Å². The number of halogens is 3. The van der Waals surface area contributed by atoms with Gasteiger partial charge in [0.2, 0.25) is 0 Å². The van der Waals surface area contributed by atoms with E-state index >= 15 is 0 Å². The van der Waals surface area contributed by atoms with Crippen molar-refractivity contribution in [1.29, 1.82) is 0 Å². The Bertz CT molecular complexity index is 1150. The lowest BCUT2D eigenvalue weighted by atomic mass is 10.1. The molecule has 0 radical (unpaired) electrons. The van der Waals surface area contributed by atoms with Crippen LogP contribution in [0.3, 0.4) is 0 Å². The van der Waals surface area contributed by atoms with Gasteiger partial charge in [0.1, 0.15) is 0 Å². The second-order valence-electron chi connectivity index (χ2n) is 8.93. The summed E-state index contributed by atoms with van der Waals surface area (Å²) in [5, 5.41) is 8.32. The quantitative estimate of drug-likeness (QED) is 0.411. The summed E-state index contributed by atoms with van der Waals surface area (Å²) in [4.78, 5) is 13.2. The van der Waals surface area contributed by atoms with E-state index in [1.54, 1.807) is 22.9 Å². The molecule has 32 heavy (non-hydrogen) atoms. The van der Waals surface area contributed by atoms with E-state index in [4.69, 9.17) is 34.8 Å². The first kappa shape index (κ1) is 23.3. The summed E-state index contributed by atoms with van der Waals surface area (Å²) in [6.45, 7) is 8.44. The summed E-state index contributed by atoms with van der Waals surface area (Å²) in [6.07, 6.45) is 0. The zero-order chi connectivity index (χ0) is 23.0. The van der Waals surface area contributed by atoms with Crippen molar-refractivity contribution in [1.82, 2.24) is 20.2 Å². The Kier molecular flexibility index (Phi) is 6.70. The molecule has 1 N–H and O–H groups in total. The van der Waals surface area contributed by atoms with Crippen molar-refractivity contribution in [3.63, 3.8) is 0 Å². The number of hydrazine groups is 1. The van der Waals surface area contributed by atoms with E-state index in [0.717, 1.165) is 42.0 Å². The molecule has 0 aliphatic carbocycles. The molecule has 9 heteroatoms. The molecule has 0 unspecified atom stereocenters. The van der Waals surface area contributed by atoms with Gasteiger partial charge in [0, 0.05) is 42.3 Å². The topological polar surface area (TPSA) is 50.2 Å². The third kappa shape index (κ3) is 4.90. The first-order valence-corrected chi connectivity index (χ1v) is 15.1. The van der Waals surface area contributed by atoms with Crippen molar-refractivity contribution in [3.05, 3.63) is 68.8 Å². The lowest BCUT2D eigenvalue weighted by Crippen LogP contribution is -2.51. The van der Waals surface area contributed by atoms with Crippen LogP contribution >= 0.6 is 34.8 Å². The summed E-state index contributed by atoms with van der Waals surface area (Å²) in [5.41, 5.74) is 6.50. The minimum atomic E-state index is -1.13. The normalized spacial score (nSPS) is 16.2. The van der Waals surface area contributed by atoms with E-state index in [1.165, 1.54) is 0 Å². The number of amides is 1. The molecular weight excluding hydrogens is 483 g/mol. The van der Waals surface area contributed by atoms with Gasteiger partial charge in [-0.15, -0.1) is 0 Å². The molecule has 168 valence electrons. The highest BCUT2D eigenvalue weighted by molar-refractivity contribution is 6.77. The number of carbonyl (C=O) groups excluding carboxylic acids is 1. The summed E-state index contributed by atoms with van der Waals surface area (Å²) < 4.78 is 1.71. The molecule has 2 heterocycles. The zero-order valence-electron chi connectivity index (χ0n) is 18.3. The van der Waals surface area contributed by atoms with E-state index in [1.807, 2.05) is 36.2 Å². The van der Waals surface area contributed by atoms with Crippen LogP contribution in [0.2, 0.25) is 40.3 Å². The summed E-state index contributed by atoms with van der Waals surface area (Å²) in [7, 11) is -1.13. The first-order valence-electron chi connectivity index (χ1n) is 10.5. The van der Waals surface area contributed by atoms with Crippen molar-refractivity contribution in [2.75, 3.05) is 13.1 Å². The summed E-state index contributed by atoms with van der Waals surface area (Å²) in [5.74, 6) is -0.220. The second-order valence-corrected chi connectivity index (χ2v) is 15.5. The third-order valence-corrected chi connectivity index (χ3v) is 9.91. The lowest BCUT2D eigenvalue weighted by molar-refractivity contribution is 0.0791. The first-order chi connectivity index (χ1) is 15.1. The van der Waals surface area contributed by atoms with E-state index in [2.05, 4.69) is 23.6 Å². The van der Waals surface area contributed by atoms with Crippen LogP contribution in [0.4, 0.5) is 0 Å². The largest absolute Gasteiger partial charge is 0.286 e. The minimum Gasteiger partial charge on any atom is -0.283 e. The molecule has 2 aromatic carbocycles. The Morgan fingerprint density at radius 3 is 2.25 bits per heavy atom. The average molecular weight is 508 g/mol. The van der Waals surface area contributed by atoms with Crippen LogP contribution in [0, 0.1) is 6.92 Å². The van der Waals surface area contributed by atoms with Gasteiger partial charge < -0.3 is 0 Å². The maximum absolute atomic E-state index is 13.2. The fourth-order valence-corrected chi connectivity index (χ4v) is 6.52. The Morgan fingerprint density at radius 1 is 1.00 bits per heavy atom. The fraction of sp³-hybridized carbons (Fsp3) is 0.304. The smallest absolute Gasteiger partial charge is 0.283 e. The van der Waals surface area contributed by atoms with Crippen LogP contribution in [0.25, 0.3) is 16.9 Å². The average Bonchev–Trinajstić information content (AvgIpc) is 3.07. The number of rotatable bonds is 4. The van der Waals surface area contributed by atoms with Gasteiger partial charge in [-0.1, -0.05) is 60.0 Å². The molecule has 0 atom stereocenters. The summed E-state index contributed by atoms with van der Waals surface area (Å²) in [6, 6.07) is 15.0. The van der Waals surface area contributed by atoms with Crippen molar-refractivity contribution in [3.8, 4) is 16.9 Å². The second kappa shape index (κ2) is 9.19. The van der Waals surface area contributed by atoms with E-state index in [9.17, 15) is 4.79 Å². The van der Waals surface area contributed by atoms with Gasteiger partial charge in [0.15, 0.2) is 5.69 Å². The highest BCUT2D eigenvalue weighted by Gasteiger charge is 2.29. The van der Waals surface area contributed by atoms with Crippen LogP contribution in [-0.2, 0) is 0 Å². The van der Waals surface area contributed by atoms with Crippen LogP contribution < -0.4 is 5.43 Å². The third-order valence-electron chi connectivity index (χ3n) is 5.97. The molecule has 1 fully saturated rings. The van der Waals surface area contributed by atoms with E-state index in [-0.39, 0.29) is 5.91 Å². The Balaban J connectivity index is 1.74. The van der Waals surface area contributed by atoms with Crippen LogP contribution in [-0.4, -0.2) is 41.9 Å². The Labute approximate surface area is 204 Å². The Hall–Kier alpha value is -1.83. The van der Waals surface area contributed by atoms with Gasteiger partial charge in [0.05, 0.1) is 16.4 Å². The van der Waals surface area contributed by atoms with Gasteiger partial charge >= 0.3 is 0 Å². The molecule has 1 amide bonds. The number of nitrogens with one attached hydrogen (secondary N) is 1. The monoisotopic (exact) mass is 506 g/mol. The van der Waals surface area contributed by atoms with E-state index < -0.39 is 8.07 Å². The van der Waals surface area contributed by atoms with Crippen molar-refractivity contribution in [2.45, 2.75) is 32.1 Å². The fourth-order valence-electron chi connectivity index (χ4n) is 3.91. The van der Waals surface area contributed by atoms with Crippen LogP contribution in [0.1, 0.15) is 16.1 Å². The number of hydrogen-bond donors (Lipinski definition) is 1. The van der Waals surface area contributed by atoms with E-state index in [0.29, 0.717) is 26.4 Å². The zero-order valence-corrected chi connectivity index (χ0v) is 21.5. The predicted molar refractivity (Wildman–Crippen MR) is 135 cm³/mol. The Morgan fingerprint density at radius 2 is 1.62 bits per heavy atom. The molecule has 1 aliphatic rings. The molecule has 3 aromatic rings. The molecule has 1 aliphatic heterocycles. The number of benzene rings is 2. The number of nitrogens with zero attached hydrogens (tertiary/aromatic N) is 3. The predicted octanol–water partition coefficient (Wildman–Crippen LogP) is 6.48. The SMILES string of the molecule is Cc1c(C(=O)NN2CC[Si](C)(C)CC2)nn(-c2ccc(Cl)cc2Cl)c1-c1ccc(Cl)cc1. The molecule has 0 saturated carbocycles. The van der Waals surface area contributed by atoms with Gasteiger partial charge in [-0.2, -0.15) is 5.10 Å². The number of hydrogen-bond acceptors (Lipinski definition) is 3. The molecule has 0 spiro atoms. The van der Waals surface area contributed by atoms with Gasteiger partial charge in [0.25, 0.3) is 5.91 Å². The number of carbonyl (C=O) groups is 1. The summed E-state index contributed by atoms with van der Waals surface area (Å²) >= 11 is 18.7. The lowest BCUT2D eigenvalue weighted by Gasteiger charge is -2.35. The standard InChI is InChI=1S/C23H25Cl3N4OSi/c1-15-21(23(31)28-29-10-12-32(2,3)13-11-29)27-30(20-9-8-18(25)14-19(20)26)22(15)16-4-6-17(24)7-5-16/h4-9,14H,10-13H2,1-3H3,(H,28,31). The molecule has 1 saturated heterocycles. The molecule has 4 rings (SSSR count). The maximum atomic E-state index is 13.2. The molecular formula is C23H25Cl3N4OSi. The molecule has 0 bridgehead atoms. The van der Waals surface area contributed by atoms with Crippen molar-refractivity contribution in [2.24, 2.45) is 0 Å². The molecule has 5 nitrogen and oxygen atoms in total. The van der Waals surface area contributed by atoms with Gasteiger partial charge in [-0.25, -0.2) is 9.69 Å². The van der Waals surface area contributed by atoms with Crippen molar-refractivity contribution < 1.29 is 4.79 Å². The maximum Gasteiger partial charge on any atom is 0.286 e. The van der Waals surface area contributed by atoms with Crippen LogP contribution in [0.5, 0.6) is 0 Å². The minimum absolute atomic E-state index is 0.220. The van der Waals surface area contributed by atoms with Gasteiger partial charge in [-0.05, 0) is 49.3 Å². The highest BCUT2D eigenvalue weighted by atomic mass is 35.5. The highest BCUT2D eigenvalue weighted by Crippen LogP contribution is 2.33. The van der Waals surface area contributed by atoms with Crippen molar-refractivity contribution >= 4 is 48.8 Å². The number of aromatic nitrogens is 2.